The summed E-state index contributed by atoms with van der Waals surface area (Å²) in [6.45, 7) is 0. The van der Waals surface area contributed by atoms with E-state index < -0.39 is 30.5 Å². The van der Waals surface area contributed by atoms with Gasteiger partial charge < -0.3 is 0 Å². The summed E-state index contributed by atoms with van der Waals surface area (Å²) in [5.74, 6) is 0. The van der Waals surface area contributed by atoms with Crippen LogP contribution in [0.1, 0.15) is 0 Å². The van der Waals surface area contributed by atoms with E-state index in [-0.39, 0.29) is 51.4 Å². The third-order valence-corrected chi connectivity index (χ3v) is 0. The van der Waals surface area contributed by atoms with E-state index in [0.29, 0.717) is 0 Å². The Morgan fingerprint density at radius 3 is 1.00 bits per heavy atom. The zero-order chi connectivity index (χ0) is 9.00. The molecule has 0 heterocycles. The van der Waals surface area contributed by atoms with Gasteiger partial charge in [0.05, 0.1) is 0 Å². The fourth-order valence-corrected chi connectivity index (χ4v) is 0. The maximum atomic E-state index is 8.74. The van der Waals surface area contributed by atoms with Gasteiger partial charge in [-0.1, -0.05) is 0 Å². The maximum Gasteiger partial charge on any atom is 1.00 e. The molecule has 0 atom stereocenters. The summed E-state index contributed by atoms with van der Waals surface area (Å²) >= 11 is -5.94. The molecule has 11 heavy (non-hydrogen) atoms. The molecule has 0 aromatic heterocycles. The molecule has 0 aliphatic heterocycles. The topological polar surface area (TPSA) is 167 Å². The minimum atomic E-state index is -5.94. The number of hydrogen-bond donors (Lipinski definition) is 2. The van der Waals surface area contributed by atoms with Crippen molar-refractivity contribution in [1.29, 1.82) is 0 Å². The Morgan fingerprint density at radius 1 is 1.00 bits per heavy atom. The second-order valence-electron chi connectivity index (χ2n) is 0.826. The Balaban J connectivity index is -0.000000107. The minimum Gasteiger partial charge on any atom is -0.286 e. The summed E-state index contributed by atoms with van der Waals surface area (Å²) in [5.41, 5.74) is 0. The van der Waals surface area contributed by atoms with Crippen LogP contribution in [0.15, 0.2) is 0 Å². The number of hydrogen-bond acceptors (Lipinski definition) is 6. The van der Waals surface area contributed by atoms with Crippen molar-refractivity contribution < 1.29 is 103 Å². The van der Waals surface area contributed by atoms with Gasteiger partial charge in [0.25, 0.3) is 0 Å². The smallest absolute Gasteiger partial charge is 0.286 e. The van der Waals surface area contributed by atoms with Crippen molar-refractivity contribution in [3.8, 4) is 0 Å². The SMILES string of the molecule is O=S(=O)(O)O.[K+].[O-][I+3]([O-])([O-])[O-]. The van der Waals surface area contributed by atoms with Crippen molar-refractivity contribution in [2.24, 2.45) is 0 Å². The first-order valence-electron chi connectivity index (χ1n) is 1.32. The van der Waals surface area contributed by atoms with Crippen molar-refractivity contribution >= 4 is 10.4 Å². The molecule has 0 bridgehead atoms. The molecule has 0 aromatic rings. The van der Waals surface area contributed by atoms with Crippen LogP contribution in [0.25, 0.3) is 0 Å². The summed E-state index contributed by atoms with van der Waals surface area (Å²) in [5, 5.41) is 0. The van der Waals surface area contributed by atoms with Crippen LogP contribution in [0.3, 0.4) is 0 Å². The van der Waals surface area contributed by atoms with Crippen molar-refractivity contribution in [3.63, 3.8) is 0 Å². The van der Waals surface area contributed by atoms with Gasteiger partial charge in [0.15, 0.2) is 0 Å². The molecule has 0 aliphatic rings. The maximum absolute atomic E-state index is 8.74. The largest absolute Gasteiger partial charge is 1.00 e. The predicted octanol–water partition coefficient (Wildman–Crippen LogP) is -11.4. The fraction of sp³-hybridized carbons (Fsp3) is 0. The molecular formula is H2IKO8S. The first-order valence-corrected chi connectivity index (χ1v) is 6.24. The van der Waals surface area contributed by atoms with Gasteiger partial charge in [-0.05, 0) is 0 Å². The molecule has 11 heteroatoms. The first kappa shape index (κ1) is 18.8. The van der Waals surface area contributed by atoms with E-state index in [2.05, 4.69) is 0 Å². The van der Waals surface area contributed by atoms with Crippen molar-refractivity contribution in [3.05, 3.63) is 0 Å². The van der Waals surface area contributed by atoms with E-state index in [0.717, 1.165) is 0 Å². The molecule has 0 aliphatic carbocycles. The standard InChI is InChI=1S/IO4.K.H2O4S/c2-1(3,4)5;;1-5(2,3)4/h;;(H2,1,2,3,4)/q-1;+1;. The van der Waals surface area contributed by atoms with E-state index in [1.807, 2.05) is 0 Å². The van der Waals surface area contributed by atoms with Crippen molar-refractivity contribution in [1.82, 2.24) is 0 Å². The Labute approximate surface area is 111 Å². The molecule has 0 saturated carbocycles. The van der Waals surface area contributed by atoms with Gasteiger partial charge in [-0.3, -0.25) is 22.8 Å². The summed E-state index contributed by atoms with van der Waals surface area (Å²) in [6, 6.07) is 0. The van der Waals surface area contributed by atoms with Gasteiger partial charge in [0.1, 0.15) is 20.1 Å². The molecule has 2 N–H and O–H groups in total. The minimum absolute atomic E-state index is 0. The molecule has 0 unspecified atom stereocenters. The van der Waals surface area contributed by atoms with Crippen molar-refractivity contribution in [2.75, 3.05) is 0 Å². The van der Waals surface area contributed by atoms with E-state index in [9.17, 15) is 0 Å². The zero-order valence-electron chi connectivity index (χ0n) is 5.13. The predicted molar refractivity (Wildman–Crippen MR) is 14.2 cm³/mol. The average molecular weight is 328 g/mol. The molecule has 0 radical (unpaired) electrons. The van der Waals surface area contributed by atoms with Crippen molar-refractivity contribution in [2.45, 2.75) is 0 Å². The molecule has 0 rings (SSSR count). The van der Waals surface area contributed by atoms with Gasteiger partial charge in [-0.2, -0.15) is 8.42 Å². The molecule has 0 fully saturated rings. The Morgan fingerprint density at radius 2 is 1.00 bits per heavy atom. The zero-order valence-corrected chi connectivity index (χ0v) is 11.2. The second kappa shape index (κ2) is 7.48. The molecular weight excluding hydrogens is 326 g/mol. The average Bonchev–Trinajstić information content (AvgIpc) is 1.12. The van der Waals surface area contributed by atoms with Crippen LogP contribution < -0.4 is 85.2 Å². The molecule has 8 nitrogen and oxygen atoms in total. The van der Waals surface area contributed by atoms with E-state index in [1.54, 1.807) is 0 Å². The Kier molecular flexibility index (Phi) is 12.8. The van der Waals surface area contributed by atoms with Gasteiger partial charge >= 0.3 is 61.8 Å². The Hall–Kier alpha value is 2.08. The quantitative estimate of drug-likeness (QED) is 0.251. The summed E-state index contributed by atoms with van der Waals surface area (Å²) in [7, 11) is -4.67. The second-order valence-corrected chi connectivity index (χ2v) is 3.88. The van der Waals surface area contributed by atoms with E-state index in [4.69, 9.17) is 31.3 Å². The van der Waals surface area contributed by atoms with Gasteiger partial charge in [-0.15, -0.1) is 0 Å². The molecule has 0 amide bonds. The van der Waals surface area contributed by atoms with Crippen LogP contribution in [-0.2, 0) is 10.4 Å². The van der Waals surface area contributed by atoms with Crippen LogP contribution >= 0.6 is 0 Å². The number of rotatable bonds is 0. The van der Waals surface area contributed by atoms with Crippen LogP contribution in [0.4, 0.5) is 0 Å². The van der Waals surface area contributed by atoms with Crippen LogP contribution in [0.5, 0.6) is 0 Å². The van der Waals surface area contributed by atoms with Gasteiger partial charge in [-0.25, -0.2) is 0 Å². The molecule has 0 saturated heterocycles. The fourth-order valence-electron chi connectivity index (χ4n) is 0. The monoisotopic (exact) mass is 328 g/mol. The van der Waals surface area contributed by atoms with Gasteiger partial charge in [0.2, 0.25) is 0 Å². The van der Waals surface area contributed by atoms with Gasteiger partial charge in [0, 0.05) is 0 Å². The molecule has 0 aromatic carbocycles. The third kappa shape index (κ3) is 284. The summed E-state index contributed by atoms with van der Waals surface area (Å²) in [4.78, 5) is 0. The van der Waals surface area contributed by atoms with Crippen LogP contribution in [0, 0.1) is 0 Å². The molecule has 0 spiro atoms. The number of halogens is 1. The third-order valence-electron chi connectivity index (χ3n) is 0. The van der Waals surface area contributed by atoms with E-state index in [1.165, 1.54) is 0 Å². The van der Waals surface area contributed by atoms with Crippen LogP contribution in [-0.4, -0.2) is 17.5 Å². The first-order chi connectivity index (χ1) is 4.00. The molecule has 64 valence electrons. The van der Waals surface area contributed by atoms with Crippen LogP contribution in [0.2, 0.25) is 0 Å². The summed E-state index contributed by atoms with van der Waals surface area (Å²) < 4.78 is 66.1. The Bertz CT molecular complexity index is 149. The van der Waals surface area contributed by atoms with E-state index >= 15 is 0 Å². The summed E-state index contributed by atoms with van der Waals surface area (Å²) in [6.07, 6.45) is 0. The normalized spacial score (nSPS) is 10.7.